The lowest BCUT2D eigenvalue weighted by molar-refractivity contribution is 0.816. The Morgan fingerprint density at radius 3 is 3.12 bits per heavy atom. The summed E-state index contributed by atoms with van der Waals surface area (Å²) >= 11 is 0. The van der Waals surface area contributed by atoms with Crippen LogP contribution in [0, 0.1) is 11.3 Å². The summed E-state index contributed by atoms with van der Waals surface area (Å²) in [6, 6.07) is 10.1. The van der Waals surface area contributed by atoms with E-state index in [1.807, 2.05) is 31.3 Å². The van der Waals surface area contributed by atoms with Gasteiger partial charge >= 0.3 is 0 Å². The molecule has 0 bridgehead atoms. The van der Waals surface area contributed by atoms with Gasteiger partial charge in [0, 0.05) is 24.6 Å². The van der Waals surface area contributed by atoms with Crippen molar-refractivity contribution in [3.05, 3.63) is 48.0 Å². The van der Waals surface area contributed by atoms with Crippen LogP contribution < -0.4 is 5.32 Å². The van der Waals surface area contributed by atoms with E-state index in [2.05, 4.69) is 16.4 Å². The Morgan fingerprint density at radius 2 is 2.38 bits per heavy atom. The Labute approximate surface area is 94.2 Å². The van der Waals surface area contributed by atoms with Crippen molar-refractivity contribution in [3.63, 3.8) is 0 Å². The quantitative estimate of drug-likeness (QED) is 0.838. The molecule has 0 saturated heterocycles. The number of aromatic nitrogens is 2. The van der Waals surface area contributed by atoms with Crippen molar-refractivity contribution in [2.45, 2.75) is 6.54 Å². The van der Waals surface area contributed by atoms with Crippen molar-refractivity contribution < 1.29 is 0 Å². The smallest absolute Gasteiger partial charge is 0.217 e. The molecule has 2 aromatic rings. The molecule has 1 heterocycles. The molecule has 0 aliphatic rings. The van der Waals surface area contributed by atoms with Crippen LogP contribution in [0.5, 0.6) is 0 Å². The highest BCUT2D eigenvalue weighted by atomic mass is 15.1. The second kappa shape index (κ2) is 4.60. The van der Waals surface area contributed by atoms with Crippen molar-refractivity contribution in [3.8, 4) is 11.8 Å². The number of nitriles is 1. The number of benzene rings is 1. The monoisotopic (exact) mass is 212 g/mol. The van der Waals surface area contributed by atoms with Gasteiger partial charge in [-0.1, -0.05) is 12.1 Å². The van der Waals surface area contributed by atoms with E-state index in [0.717, 1.165) is 12.2 Å². The fraction of sp³-hybridized carbons (Fsp3) is 0.167. The average Bonchev–Trinajstić information content (AvgIpc) is 2.78. The predicted octanol–water partition coefficient (Wildman–Crippen LogP) is 1.46. The Balaban J connectivity index is 2.41. The highest BCUT2D eigenvalue weighted by Gasteiger charge is 2.03. The summed E-state index contributed by atoms with van der Waals surface area (Å²) in [5.74, 6) is 0.404. The number of hydrogen-bond acceptors (Lipinski definition) is 3. The summed E-state index contributed by atoms with van der Waals surface area (Å²) in [6.07, 6.45) is 3.42. The molecule has 0 aliphatic carbocycles. The van der Waals surface area contributed by atoms with Crippen LogP contribution in [0.4, 0.5) is 0 Å². The van der Waals surface area contributed by atoms with Gasteiger partial charge in [-0.05, 0) is 24.7 Å². The van der Waals surface area contributed by atoms with Crippen LogP contribution in [0.15, 0.2) is 36.7 Å². The van der Waals surface area contributed by atoms with Crippen molar-refractivity contribution in [2.24, 2.45) is 0 Å². The van der Waals surface area contributed by atoms with Gasteiger partial charge in [-0.2, -0.15) is 5.26 Å². The van der Waals surface area contributed by atoms with Crippen molar-refractivity contribution in [2.75, 3.05) is 7.05 Å². The van der Waals surface area contributed by atoms with Gasteiger partial charge in [0.2, 0.25) is 5.82 Å². The minimum atomic E-state index is 0.404. The largest absolute Gasteiger partial charge is 0.316 e. The third-order valence-corrected chi connectivity index (χ3v) is 2.31. The SMILES string of the molecule is CNCc1cccc(-n2ccnc2C#N)c1. The highest BCUT2D eigenvalue weighted by molar-refractivity contribution is 5.38. The van der Waals surface area contributed by atoms with Gasteiger partial charge in [0.25, 0.3) is 0 Å². The Kier molecular flexibility index (Phi) is 2.99. The molecular weight excluding hydrogens is 200 g/mol. The number of nitrogens with one attached hydrogen (secondary N) is 1. The summed E-state index contributed by atoms with van der Waals surface area (Å²) in [4.78, 5) is 3.97. The Hall–Kier alpha value is -2.12. The molecule has 1 N–H and O–H groups in total. The van der Waals surface area contributed by atoms with E-state index in [-0.39, 0.29) is 0 Å². The van der Waals surface area contributed by atoms with Crippen LogP contribution in [0.25, 0.3) is 5.69 Å². The zero-order chi connectivity index (χ0) is 11.4. The minimum Gasteiger partial charge on any atom is -0.316 e. The second-order valence-corrected chi connectivity index (χ2v) is 3.43. The van der Waals surface area contributed by atoms with E-state index in [1.165, 1.54) is 5.56 Å². The number of imidazole rings is 1. The first-order valence-corrected chi connectivity index (χ1v) is 5.02. The second-order valence-electron chi connectivity index (χ2n) is 3.43. The lowest BCUT2D eigenvalue weighted by atomic mass is 10.2. The predicted molar refractivity (Wildman–Crippen MR) is 61.0 cm³/mol. The van der Waals surface area contributed by atoms with Gasteiger partial charge in [0.05, 0.1) is 0 Å². The van der Waals surface area contributed by atoms with Gasteiger partial charge in [-0.15, -0.1) is 0 Å². The standard InChI is InChI=1S/C12H12N4/c1-14-9-10-3-2-4-11(7-10)16-6-5-15-12(16)8-13/h2-7,14H,9H2,1H3. The average molecular weight is 212 g/mol. The summed E-state index contributed by atoms with van der Waals surface area (Å²) in [5.41, 5.74) is 2.14. The van der Waals surface area contributed by atoms with Crippen LogP contribution >= 0.6 is 0 Å². The number of rotatable bonds is 3. The van der Waals surface area contributed by atoms with Gasteiger partial charge in [-0.25, -0.2) is 4.98 Å². The van der Waals surface area contributed by atoms with E-state index in [0.29, 0.717) is 5.82 Å². The van der Waals surface area contributed by atoms with E-state index in [4.69, 9.17) is 5.26 Å². The molecular formula is C12H12N4. The van der Waals surface area contributed by atoms with Crippen LogP contribution in [-0.4, -0.2) is 16.6 Å². The maximum absolute atomic E-state index is 8.90. The molecule has 16 heavy (non-hydrogen) atoms. The zero-order valence-corrected chi connectivity index (χ0v) is 9.01. The maximum Gasteiger partial charge on any atom is 0.217 e. The lowest BCUT2D eigenvalue weighted by Crippen LogP contribution is -2.05. The fourth-order valence-corrected chi connectivity index (χ4v) is 1.61. The van der Waals surface area contributed by atoms with E-state index in [1.54, 1.807) is 17.0 Å². The third kappa shape index (κ3) is 1.95. The van der Waals surface area contributed by atoms with Crippen LogP contribution in [0.2, 0.25) is 0 Å². The molecule has 4 nitrogen and oxygen atoms in total. The molecule has 0 unspecified atom stereocenters. The zero-order valence-electron chi connectivity index (χ0n) is 9.01. The van der Waals surface area contributed by atoms with Crippen molar-refractivity contribution >= 4 is 0 Å². The first-order chi connectivity index (χ1) is 7.85. The Morgan fingerprint density at radius 1 is 1.50 bits per heavy atom. The van der Waals surface area contributed by atoms with Gasteiger partial charge in [0.15, 0.2) is 0 Å². The lowest BCUT2D eigenvalue weighted by Gasteiger charge is -2.06. The molecule has 0 amide bonds. The van der Waals surface area contributed by atoms with Crippen LogP contribution in [0.1, 0.15) is 11.4 Å². The highest BCUT2D eigenvalue weighted by Crippen LogP contribution is 2.12. The molecule has 80 valence electrons. The third-order valence-electron chi connectivity index (χ3n) is 2.31. The summed E-state index contributed by atoms with van der Waals surface area (Å²) in [5, 5.41) is 12.0. The number of hydrogen-bond donors (Lipinski definition) is 1. The van der Waals surface area contributed by atoms with Gasteiger partial charge in [-0.3, -0.25) is 4.57 Å². The summed E-state index contributed by atoms with van der Waals surface area (Å²) in [6.45, 7) is 0.810. The Bertz CT molecular complexity index is 522. The topological polar surface area (TPSA) is 53.6 Å². The normalized spacial score (nSPS) is 10.0. The molecule has 0 radical (unpaired) electrons. The maximum atomic E-state index is 8.90. The fourth-order valence-electron chi connectivity index (χ4n) is 1.61. The molecule has 0 fully saturated rings. The molecule has 1 aromatic carbocycles. The first kappa shape index (κ1) is 10.4. The van der Waals surface area contributed by atoms with E-state index < -0.39 is 0 Å². The summed E-state index contributed by atoms with van der Waals surface area (Å²) < 4.78 is 1.78. The molecule has 0 atom stereocenters. The molecule has 2 rings (SSSR count). The molecule has 0 saturated carbocycles. The molecule has 4 heteroatoms. The van der Waals surface area contributed by atoms with Gasteiger partial charge < -0.3 is 5.32 Å². The summed E-state index contributed by atoms with van der Waals surface area (Å²) in [7, 11) is 1.91. The van der Waals surface area contributed by atoms with Crippen molar-refractivity contribution in [1.29, 1.82) is 5.26 Å². The number of nitrogens with zero attached hydrogens (tertiary/aromatic N) is 3. The van der Waals surface area contributed by atoms with Crippen LogP contribution in [-0.2, 0) is 6.54 Å². The molecule has 0 spiro atoms. The first-order valence-electron chi connectivity index (χ1n) is 5.02. The van der Waals surface area contributed by atoms with Gasteiger partial charge in [0.1, 0.15) is 6.07 Å². The molecule has 0 aliphatic heterocycles. The minimum absolute atomic E-state index is 0.404. The van der Waals surface area contributed by atoms with Crippen molar-refractivity contribution in [1.82, 2.24) is 14.9 Å². The van der Waals surface area contributed by atoms with Crippen LogP contribution in [0.3, 0.4) is 0 Å². The van der Waals surface area contributed by atoms with E-state index >= 15 is 0 Å². The molecule has 1 aromatic heterocycles. The van der Waals surface area contributed by atoms with E-state index in [9.17, 15) is 0 Å².